The second kappa shape index (κ2) is 6.56. The van der Waals surface area contributed by atoms with Gasteiger partial charge in [-0.1, -0.05) is 6.92 Å². The summed E-state index contributed by atoms with van der Waals surface area (Å²) in [6, 6.07) is 0.551. The van der Waals surface area contributed by atoms with E-state index >= 15 is 0 Å². The van der Waals surface area contributed by atoms with Crippen LogP contribution >= 0.6 is 0 Å². The van der Waals surface area contributed by atoms with Crippen LogP contribution in [0.15, 0.2) is 0 Å². The Balaban J connectivity index is 0.000000211. The quantitative estimate of drug-likeness (QED) is 0.641. The zero-order valence-corrected chi connectivity index (χ0v) is 9.40. The zero-order chi connectivity index (χ0) is 9.56. The summed E-state index contributed by atoms with van der Waals surface area (Å²) in [4.78, 5) is 0. The first-order valence-electron chi connectivity index (χ1n) is 3.99. The predicted molar refractivity (Wildman–Crippen MR) is 49.9 cm³/mol. The van der Waals surface area contributed by atoms with E-state index in [0.29, 0.717) is 6.04 Å². The molecule has 0 aromatic rings. The highest BCUT2D eigenvalue weighted by Crippen LogP contribution is 2.25. The molecule has 4 nitrogen and oxygen atoms in total. The second-order valence-corrected chi connectivity index (χ2v) is 4.86. The van der Waals surface area contributed by atoms with Crippen LogP contribution < -0.4 is 5.73 Å². The maximum Gasteiger partial charge on any atom is 0.483 e. The molecule has 1 aliphatic rings. The lowest BCUT2D eigenvalue weighted by Crippen LogP contribution is -2.21. The van der Waals surface area contributed by atoms with Crippen LogP contribution in [0, 0.1) is 5.92 Å². The molecular formula is C7H19NO3Si. The number of rotatable bonds is 3. The molecule has 12 heavy (non-hydrogen) atoms. The summed E-state index contributed by atoms with van der Waals surface area (Å²) in [6.07, 6.45) is 1.25. The van der Waals surface area contributed by atoms with Crippen LogP contribution in [0.25, 0.3) is 0 Å². The van der Waals surface area contributed by atoms with Gasteiger partial charge in [0.05, 0.1) is 0 Å². The Hall–Kier alpha value is 0.0569. The first-order chi connectivity index (χ1) is 5.65. The Labute approximate surface area is 76.0 Å². The van der Waals surface area contributed by atoms with Gasteiger partial charge in [0.25, 0.3) is 0 Å². The smallest absolute Gasteiger partial charge is 0.379 e. The lowest BCUT2D eigenvalue weighted by molar-refractivity contribution is 0.163. The van der Waals surface area contributed by atoms with Gasteiger partial charge in [0, 0.05) is 27.4 Å². The van der Waals surface area contributed by atoms with Crippen molar-refractivity contribution in [2.45, 2.75) is 19.4 Å². The molecule has 2 N–H and O–H groups in total. The van der Waals surface area contributed by atoms with Crippen molar-refractivity contribution < 1.29 is 13.3 Å². The van der Waals surface area contributed by atoms with Crippen molar-refractivity contribution in [1.82, 2.24) is 0 Å². The number of hydrogen-bond acceptors (Lipinski definition) is 4. The third-order valence-electron chi connectivity index (χ3n) is 1.75. The van der Waals surface area contributed by atoms with E-state index in [-0.39, 0.29) is 0 Å². The molecular weight excluding hydrogens is 174 g/mol. The normalized spacial score (nSPS) is 26.5. The largest absolute Gasteiger partial charge is 0.483 e. The fourth-order valence-corrected chi connectivity index (χ4v) is 1.22. The van der Waals surface area contributed by atoms with E-state index in [0.717, 1.165) is 5.92 Å². The molecule has 1 saturated carbocycles. The molecule has 0 spiro atoms. The molecule has 5 heteroatoms. The van der Waals surface area contributed by atoms with Gasteiger partial charge in [-0.25, -0.2) is 0 Å². The highest BCUT2D eigenvalue weighted by Gasteiger charge is 2.27. The maximum absolute atomic E-state index is 5.37. The van der Waals surface area contributed by atoms with Gasteiger partial charge in [-0.15, -0.1) is 0 Å². The van der Waals surface area contributed by atoms with E-state index in [1.54, 1.807) is 21.3 Å². The summed E-state index contributed by atoms with van der Waals surface area (Å²) < 4.78 is 14.2. The van der Waals surface area contributed by atoms with Crippen LogP contribution in [0.2, 0.25) is 0 Å². The fourth-order valence-electron chi connectivity index (χ4n) is 0.639. The van der Waals surface area contributed by atoms with Gasteiger partial charge in [-0.3, -0.25) is 0 Å². The van der Waals surface area contributed by atoms with Gasteiger partial charge >= 0.3 is 9.53 Å². The van der Waals surface area contributed by atoms with E-state index < -0.39 is 9.53 Å². The summed E-state index contributed by atoms with van der Waals surface area (Å²) in [6.45, 7) is 2.17. The molecule has 74 valence electrons. The molecule has 1 fully saturated rings. The molecule has 1 rings (SSSR count). The van der Waals surface area contributed by atoms with Crippen LogP contribution in [0.5, 0.6) is 0 Å². The van der Waals surface area contributed by atoms with Crippen molar-refractivity contribution in [1.29, 1.82) is 0 Å². The van der Waals surface area contributed by atoms with Gasteiger partial charge in [0.2, 0.25) is 0 Å². The van der Waals surface area contributed by atoms with Crippen molar-refractivity contribution in [2.75, 3.05) is 21.3 Å². The van der Waals surface area contributed by atoms with E-state index in [4.69, 9.17) is 19.0 Å². The van der Waals surface area contributed by atoms with Gasteiger partial charge < -0.3 is 19.0 Å². The Bertz CT molecular complexity index is 99.3. The SMILES string of the molecule is CC1CC1N.CO[SiH](OC)OC. The molecule has 0 radical (unpaired) electrons. The van der Waals surface area contributed by atoms with Gasteiger partial charge in [-0.05, 0) is 12.3 Å². The highest BCUT2D eigenvalue weighted by molar-refractivity contribution is 6.36. The van der Waals surface area contributed by atoms with Crippen molar-refractivity contribution in [2.24, 2.45) is 11.7 Å². The molecule has 2 atom stereocenters. The molecule has 0 saturated heterocycles. The third kappa shape index (κ3) is 5.67. The number of hydrogen-bond donors (Lipinski definition) is 1. The molecule has 0 amide bonds. The minimum absolute atomic E-state index is 0.551. The van der Waals surface area contributed by atoms with Crippen LogP contribution in [0.4, 0.5) is 0 Å². The monoisotopic (exact) mass is 193 g/mol. The molecule has 0 aliphatic heterocycles. The molecule has 0 aromatic heterocycles. The molecule has 2 unspecified atom stereocenters. The summed E-state index contributed by atoms with van der Waals surface area (Å²) in [5, 5.41) is 0. The van der Waals surface area contributed by atoms with Crippen LogP contribution in [-0.4, -0.2) is 36.9 Å². The van der Waals surface area contributed by atoms with E-state index in [1.807, 2.05) is 0 Å². The maximum atomic E-state index is 5.37. The summed E-state index contributed by atoms with van der Waals surface area (Å²) in [7, 11) is 3.05. The minimum Gasteiger partial charge on any atom is -0.379 e. The van der Waals surface area contributed by atoms with Gasteiger partial charge in [0.15, 0.2) is 0 Å². The van der Waals surface area contributed by atoms with Crippen LogP contribution in [0.1, 0.15) is 13.3 Å². The lowest BCUT2D eigenvalue weighted by atomic mass is 10.5. The highest BCUT2D eigenvalue weighted by atomic mass is 28.3. The predicted octanol–water partition coefficient (Wildman–Crippen LogP) is -0.00370. The van der Waals surface area contributed by atoms with Gasteiger partial charge in [0.1, 0.15) is 0 Å². The van der Waals surface area contributed by atoms with Crippen LogP contribution in [-0.2, 0) is 13.3 Å². The summed E-state index contributed by atoms with van der Waals surface area (Å²) in [5.41, 5.74) is 5.37. The standard InChI is InChI=1S/C4H9N.C3H10O3Si/c1-3-2-4(3)5;1-4-7(5-2)6-3/h3-4H,2,5H2,1H3;7H,1-3H3. The Morgan fingerprint density at radius 2 is 1.42 bits per heavy atom. The van der Waals surface area contributed by atoms with Crippen molar-refractivity contribution in [3.05, 3.63) is 0 Å². The topological polar surface area (TPSA) is 53.7 Å². The fraction of sp³-hybridized carbons (Fsp3) is 1.00. The van der Waals surface area contributed by atoms with E-state index in [9.17, 15) is 0 Å². The first-order valence-corrected chi connectivity index (χ1v) is 5.41. The summed E-state index contributed by atoms with van der Waals surface area (Å²) >= 11 is 0. The average Bonchev–Trinajstić information content (AvgIpc) is 2.69. The Morgan fingerprint density at radius 3 is 1.42 bits per heavy atom. The van der Waals surface area contributed by atoms with E-state index in [1.165, 1.54) is 6.42 Å². The molecule has 0 aromatic carbocycles. The van der Waals surface area contributed by atoms with E-state index in [2.05, 4.69) is 6.92 Å². The zero-order valence-electron chi connectivity index (χ0n) is 8.24. The lowest BCUT2D eigenvalue weighted by Gasteiger charge is -2.05. The third-order valence-corrected chi connectivity index (χ3v) is 2.90. The Morgan fingerprint density at radius 1 is 1.17 bits per heavy atom. The van der Waals surface area contributed by atoms with Crippen molar-refractivity contribution >= 4 is 9.53 Å². The average molecular weight is 193 g/mol. The summed E-state index contributed by atoms with van der Waals surface area (Å²) in [5.74, 6) is 0.829. The minimum atomic E-state index is -1.67. The van der Waals surface area contributed by atoms with Crippen LogP contribution in [0.3, 0.4) is 0 Å². The Kier molecular flexibility index (Phi) is 6.59. The number of nitrogens with two attached hydrogens (primary N) is 1. The first kappa shape index (κ1) is 12.1. The molecule has 0 bridgehead atoms. The van der Waals surface area contributed by atoms with Gasteiger partial charge in [-0.2, -0.15) is 0 Å². The van der Waals surface area contributed by atoms with Crippen molar-refractivity contribution in [3.63, 3.8) is 0 Å². The second-order valence-electron chi connectivity index (χ2n) is 2.87. The van der Waals surface area contributed by atoms with Crippen molar-refractivity contribution in [3.8, 4) is 0 Å². The molecule has 1 aliphatic carbocycles. The molecule has 0 heterocycles.